The lowest BCUT2D eigenvalue weighted by atomic mass is 10.0. The van der Waals surface area contributed by atoms with E-state index in [0.29, 0.717) is 24.2 Å². The Morgan fingerprint density at radius 3 is 2.52 bits per heavy atom. The fourth-order valence-electron chi connectivity index (χ4n) is 3.73. The number of aromatic nitrogens is 1. The number of hydrogen-bond donors (Lipinski definition) is 2. The highest BCUT2D eigenvalue weighted by atomic mass is 19.1. The maximum Gasteiger partial charge on any atom is 0.195 e. The minimum Gasteiger partial charge on any atom is -0.388 e. The number of nitrogens with one attached hydrogen (secondary N) is 1. The van der Waals surface area contributed by atoms with Gasteiger partial charge in [0.1, 0.15) is 11.6 Å². The van der Waals surface area contributed by atoms with Crippen LogP contribution >= 0.6 is 0 Å². The second-order valence-electron chi connectivity index (χ2n) is 7.48. The molecule has 0 spiro atoms. The molecule has 0 bridgehead atoms. The smallest absolute Gasteiger partial charge is 0.195 e. The van der Waals surface area contributed by atoms with Crippen molar-refractivity contribution in [1.82, 2.24) is 4.98 Å². The van der Waals surface area contributed by atoms with E-state index in [-0.39, 0.29) is 10.9 Å². The third kappa shape index (κ3) is 3.10. The van der Waals surface area contributed by atoms with Crippen molar-refractivity contribution in [2.24, 2.45) is 0 Å². The van der Waals surface area contributed by atoms with Gasteiger partial charge >= 0.3 is 0 Å². The number of pyridine rings is 1. The molecular formula is C21H20F2N2O2. The number of anilines is 1. The molecule has 0 saturated carbocycles. The normalized spacial score (nSPS) is 19.8. The number of fused-ring (bicyclic) bond motifs is 1. The summed E-state index contributed by atoms with van der Waals surface area (Å²) in [5.41, 5.74) is 1.66. The van der Waals surface area contributed by atoms with Crippen molar-refractivity contribution in [3.05, 3.63) is 63.8 Å². The van der Waals surface area contributed by atoms with Crippen LogP contribution in [0.1, 0.15) is 18.9 Å². The number of halogens is 2. The van der Waals surface area contributed by atoms with Gasteiger partial charge in [0.25, 0.3) is 0 Å². The van der Waals surface area contributed by atoms with Crippen LogP contribution in [-0.2, 0) is 0 Å². The molecule has 1 fully saturated rings. The van der Waals surface area contributed by atoms with Gasteiger partial charge in [0.15, 0.2) is 5.43 Å². The molecule has 2 aromatic carbocycles. The molecule has 27 heavy (non-hydrogen) atoms. The van der Waals surface area contributed by atoms with E-state index in [1.807, 2.05) is 31.2 Å². The SMILES string of the molecule is Cc1c(-c2ccc(N3CCC(C)(O)C3)cc2)[nH]c2cc(F)cc(F)c2c1=O. The standard InChI is InChI=1S/C21H20F2N2O2/c1-12-19(24-17-10-14(22)9-16(23)18(17)20(12)26)13-3-5-15(6-4-13)25-8-7-21(2,27)11-25/h3-6,9-10,27H,7-8,11H2,1-2H3,(H,24,26). The zero-order valence-electron chi connectivity index (χ0n) is 15.1. The van der Waals surface area contributed by atoms with Gasteiger partial charge in [-0.1, -0.05) is 12.1 Å². The topological polar surface area (TPSA) is 56.3 Å². The summed E-state index contributed by atoms with van der Waals surface area (Å²) >= 11 is 0. The van der Waals surface area contributed by atoms with Crippen LogP contribution in [0.3, 0.4) is 0 Å². The average Bonchev–Trinajstić information content (AvgIpc) is 2.97. The van der Waals surface area contributed by atoms with Gasteiger partial charge in [-0.2, -0.15) is 0 Å². The van der Waals surface area contributed by atoms with Crippen LogP contribution in [-0.4, -0.2) is 28.8 Å². The Labute approximate surface area is 155 Å². The van der Waals surface area contributed by atoms with E-state index >= 15 is 0 Å². The Bertz CT molecular complexity index is 1090. The summed E-state index contributed by atoms with van der Waals surface area (Å²) < 4.78 is 27.6. The van der Waals surface area contributed by atoms with E-state index in [9.17, 15) is 18.7 Å². The van der Waals surface area contributed by atoms with E-state index in [1.54, 1.807) is 6.92 Å². The monoisotopic (exact) mass is 370 g/mol. The Balaban J connectivity index is 1.76. The largest absolute Gasteiger partial charge is 0.388 e. The second-order valence-corrected chi connectivity index (χ2v) is 7.48. The minimum atomic E-state index is -0.864. The maximum atomic E-state index is 14.0. The number of aliphatic hydroxyl groups is 1. The molecule has 3 aromatic rings. The van der Waals surface area contributed by atoms with Crippen LogP contribution in [0, 0.1) is 18.6 Å². The molecule has 1 unspecified atom stereocenters. The first-order valence-corrected chi connectivity index (χ1v) is 8.84. The van der Waals surface area contributed by atoms with Gasteiger partial charge in [0, 0.05) is 30.4 Å². The zero-order chi connectivity index (χ0) is 19.3. The predicted octanol–water partition coefficient (Wildman–Crippen LogP) is 3.74. The maximum absolute atomic E-state index is 14.0. The van der Waals surface area contributed by atoms with E-state index in [4.69, 9.17) is 0 Å². The summed E-state index contributed by atoms with van der Waals surface area (Å²) in [7, 11) is 0. The quantitative estimate of drug-likeness (QED) is 0.723. The van der Waals surface area contributed by atoms with Crippen LogP contribution < -0.4 is 10.3 Å². The molecule has 140 valence electrons. The first-order valence-electron chi connectivity index (χ1n) is 8.84. The molecule has 1 aliphatic rings. The fraction of sp³-hybridized carbons (Fsp3) is 0.286. The highest BCUT2D eigenvalue weighted by Gasteiger charge is 2.31. The summed E-state index contributed by atoms with van der Waals surface area (Å²) in [6.07, 6.45) is 0.711. The van der Waals surface area contributed by atoms with Gasteiger partial charge in [0.05, 0.1) is 22.2 Å². The van der Waals surface area contributed by atoms with Gasteiger partial charge < -0.3 is 15.0 Å². The highest BCUT2D eigenvalue weighted by Crippen LogP contribution is 2.29. The van der Waals surface area contributed by atoms with Gasteiger partial charge in [0.2, 0.25) is 0 Å². The lowest BCUT2D eigenvalue weighted by Gasteiger charge is -2.21. The molecular weight excluding hydrogens is 350 g/mol. The molecule has 1 atom stereocenters. The number of nitrogens with zero attached hydrogens (tertiary/aromatic N) is 1. The zero-order valence-corrected chi connectivity index (χ0v) is 15.1. The minimum absolute atomic E-state index is 0.131. The third-order valence-electron chi connectivity index (χ3n) is 5.23. The van der Waals surface area contributed by atoms with E-state index in [0.717, 1.165) is 29.9 Å². The van der Waals surface area contributed by atoms with Crippen molar-refractivity contribution in [2.45, 2.75) is 25.9 Å². The molecule has 1 aliphatic heterocycles. The van der Waals surface area contributed by atoms with Crippen molar-refractivity contribution in [3.63, 3.8) is 0 Å². The summed E-state index contributed by atoms with van der Waals surface area (Å²) in [5, 5.41) is 10.00. The lowest BCUT2D eigenvalue weighted by Crippen LogP contribution is -2.29. The van der Waals surface area contributed by atoms with Crippen molar-refractivity contribution in [1.29, 1.82) is 0 Å². The van der Waals surface area contributed by atoms with Crippen molar-refractivity contribution < 1.29 is 13.9 Å². The van der Waals surface area contributed by atoms with Crippen molar-refractivity contribution >= 4 is 16.6 Å². The number of β-amino-alcohol motifs (C(OH)–C–C–N with tert-alkyl or cyclic N) is 1. The molecule has 2 heterocycles. The third-order valence-corrected chi connectivity index (χ3v) is 5.23. The highest BCUT2D eigenvalue weighted by molar-refractivity contribution is 5.84. The Hall–Kier alpha value is -2.73. The van der Waals surface area contributed by atoms with Crippen LogP contribution in [0.4, 0.5) is 14.5 Å². The lowest BCUT2D eigenvalue weighted by molar-refractivity contribution is 0.0839. The first-order chi connectivity index (χ1) is 12.7. The molecule has 2 N–H and O–H groups in total. The summed E-state index contributed by atoms with van der Waals surface area (Å²) in [6.45, 7) is 4.79. The number of aromatic amines is 1. The molecule has 1 aromatic heterocycles. The average molecular weight is 370 g/mol. The van der Waals surface area contributed by atoms with Gasteiger partial charge in [-0.25, -0.2) is 8.78 Å². The number of hydrogen-bond acceptors (Lipinski definition) is 3. The predicted molar refractivity (Wildman–Crippen MR) is 102 cm³/mol. The Kier molecular flexibility index (Phi) is 4.03. The second kappa shape index (κ2) is 6.16. The molecule has 0 aliphatic carbocycles. The van der Waals surface area contributed by atoms with Crippen LogP contribution in [0.15, 0.2) is 41.2 Å². The Morgan fingerprint density at radius 1 is 1.19 bits per heavy atom. The van der Waals surface area contributed by atoms with Crippen molar-refractivity contribution in [3.8, 4) is 11.3 Å². The van der Waals surface area contributed by atoms with Crippen molar-refractivity contribution in [2.75, 3.05) is 18.0 Å². The van der Waals surface area contributed by atoms with E-state index in [2.05, 4.69) is 9.88 Å². The van der Waals surface area contributed by atoms with Crippen LogP contribution in [0.25, 0.3) is 22.2 Å². The summed E-state index contributed by atoms with van der Waals surface area (Å²) in [4.78, 5) is 17.7. The van der Waals surface area contributed by atoms with E-state index < -0.39 is 22.7 Å². The van der Waals surface area contributed by atoms with Gasteiger partial charge in [-0.3, -0.25) is 4.79 Å². The number of H-pyrrole nitrogens is 1. The Morgan fingerprint density at radius 2 is 1.89 bits per heavy atom. The van der Waals surface area contributed by atoms with Crippen LogP contribution in [0.5, 0.6) is 0 Å². The molecule has 4 rings (SSSR count). The molecule has 6 heteroatoms. The molecule has 4 nitrogen and oxygen atoms in total. The number of rotatable bonds is 2. The fourth-order valence-corrected chi connectivity index (χ4v) is 3.73. The molecule has 0 amide bonds. The van der Waals surface area contributed by atoms with E-state index in [1.165, 1.54) is 0 Å². The molecule has 1 saturated heterocycles. The van der Waals surface area contributed by atoms with Crippen LogP contribution in [0.2, 0.25) is 0 Å². The van der Waals surface area contributed by atoms with Gasteiger partial charge in [-0.05, 0) is 44.0 Å². The summed E-state index contributed by atoms with van der Waals surface area (Å²) in [5.74, 6) is -1.60. The first kappa shape index (κ1) is 17.7. The molecule has 0 radical (unpaired) electrons. The summed E-state index contributed by atoms with van der Waals surface area (Å²) in [6, 6.07) is 9.42. The van der Waals surface area contributed by atoms with Gasteiger partial charge in [-0.15, -0.1) is 0 Å². The number of benzene rings is 2.